The second-order valence-electron chi connectivity index (χ2n) is 8.19. The molecule has 4 aromatic rings. The van der Waals surface area contributed by atoms with Crippen LogP contribution in [0.1, 0.15) is 40.7 Å². The first-order chi connectivity index (χ1) is 16.2. The van der Waals surface area contributed by atoms with Gasteiger partial charge in [-0.1, -0.05) is 49.4 Å². The largest absolute Gasteiger partial charge is 0.492 e. The second kappa shape index (κ2) is 10.8. The van der Waals surface area contributed by atoms with Gasteiger partial charge in [-0.25, -0.2) is 4.98 Å². The zero-order valence-electron chi connectivity index (χ0n) is 19.4. The molecule has 0 fully saturated rings. The highest BCUT2D eigenvalue weighted by Gasteiger charge is 2.12. The summed E-state index contributed by atoms with van der Waals surface area (Å²) in [6, 6.07) is 24.1. The predicted octanol–water partition coefficient (Wildman–Crippen LogP) is 5.35. The van der Waals surface area contributed by atoms with Gasteiger partial charge < -0.3 is 14.6 Å². The van der Waals surface area contributed by atoms with Crippen molar-refractivity contribution >= 4 is 16.9 Å². The van der Waals surface area contributed by atoms with E-state index in [0.717, 1.165) is 59.5 Å². The van der Waals surface area contributed by atoms with Crippen molar-refractivity contribution in [3.63, 3.8) is 0 Å². The topological polar surface area (TPSA) is 56.1 Å². The van der Waals surface area contributed by atoms with E-state index in [4.69, 9.17) is 9.72 Å². The number of ether oxygens (including phenoxy) is 1. The van der Waals surface area contributed by atoms with E-state index in [1.165, 1.54) is 5.56 Å². The fourth-order valence-electron chi connectivity index (χ4n) is 4.01. The number of benzene rings is 3. The average Bonchev–Trinajstić information content (AvgIpc) is 3.20. The van der Waals surface area contributed by atoms with E-state index in [9.17, 15) is 4.79 Å². The average molecular weight is 442 g/mol. The van der Waals surface area contributed by atoms with Crippen molar-refractivity contribution in [1.82, 2.24) is 14.9 Å². The van der Waals surface area contributed by atoms with Gasteiger partial charge in [0.15, 0.2) is 0 Å². The third-order valence-corrected chi connectivity index (χ3v) is 5.90. The molecule has 0 saturated heterocycles. The Morgan fingerprint density at radius 3 is 2.55 bits per heavy atom. The fraction of sp³-hybridized carbons (Fsp3) is 0.286. The Labute approximate surface area is 195 Å². The predicted molar refractivity (Wildman–Crippen MR) is 133 cm³/mol. The first-order valence-corrected chi connectivity index (χ1v) is 11.7. The number of hydrogen-bond donors (Lipinski definition) is 1. The van der Waals surface area contributed by atoms with Crippen LogP contribution in [0.5, 0.6) is 5.75 Å². The quantitative estimate of drug-likeness (QED) is 0.338. The second-order valence-corrected chi connectivity index (χ2v) is 8.19. The third-order valence-electron chi connectivity index (χ3n) is 5.90. The van der Waals surface area contributed by atoms with Crippen molar-refractivity contribution in [1.29, 1.82) is 0 Å². The monoisotopic (exact) mass is 441 g/mol. The molecule has 5 heteroatoms. The smallest absolute Gasteiger partial charge is 0.251 e. The van der Waals surface area contributed by atoms with Gasteiger partial charge in [0.2, 0.25) is 0 Å². The van der Waals surface area contributed by atoms with Crippen LogP contribution in [0.3, 0.4) is 0 Å². The van der Waals surface area contributed by atoms with E-state index in [1.54, 1.807) is 0 Å². The van der Waals surface area contributed by atoms with Crippen LogP contribution in [0.25, 0.3) is 11.0 Å². The molecule has 5 nitrogen and oxygen atoms in total. The van der Waals surface area contributed by atoms with Gasteiger partial charge in [0.1, 0.15) is 18.2 Å². The van der Waals surface area contributed by atoms with Crippen molar-refractivity contribution < 1.29 is 9.53 Å². The number of nitrogens with zero attached hydrogens (tertiary/aromatic N) is 2. The number of rotatable bonds is 10. The molecule has 0 spiro atoms. The lowest BCUT2D eigenvalue weighted by molar-refractivity contribution is 0.0952. The zero-order valence-corrected chi connectivity index (χ0v) is 19.4. The molecule has 0 atom stereocenters. The van der Waals surface area contributed by atoms with Gasteiger partial charge in [0.05, 0.1) is 17.6 Å². The van der Waals surface area contributed by atoms with Gasteiger partial charge in [-0.15, -0.1) is 0 Å². The molecule has 33 heavy (non-hydrogen) atoms. The summed E-state index contributed by atoms with van der Waals surface area (Å²) >= 11 is 0. The first-order valence-electron chi connectivity index (χ1n) is 11.7. The number of hydrogen-bond acceptors (Lipinski definition) is 3. The summed E-state index contributed by atoms with van der Waals surface area (Å²) in [4.78, 5) is 17.3. The van der Waals surface area contributed by atoms with E-state index in [1.807, 2.05) is 61.5 Å². The standard InChI is InChI=1S/C28H31N3O2/c1-3-22-14-16-23(17-15-22)33-20-19-31-26-12-7-6-11-25(26)30-27(31)13-8-18-29-28(32)24-10-5-4-9-21(24)2/h4-7,9-12,14-17H,3,8,13,18-20H2,1-2H3,(H,29,32). The summed E-state index contributed by atoms with van der Waals surface area (Å²) in [5, 5.41) is 3.04. The number of carbonyl (C=O) groups is 1. The first kappa shape index (κ1) is 22.6. The number of carbonyl (C=O) groups excluding carboxylic acids is 1. The SMILES string of the molecule is CCc1ccc(OCCn2c(CCCNC(=O)c3ccccc3C)nc3ccccc32)cc1. The molecule has 0 saturated carbocycles. The van der Waals surface area contributed by atoms with E-state index in [-0.39, 0.29) is 5.91 Å². The van der Waals surface area contributed by atoms with E-state index < -0.39 is 0 Å². The van der Waals surface area contributed by atoms with Crippen molar-refractivity contribution in [2.45, 2.75) is 39.7 Å². The highest BCUT2D eigenvalue weighted by molar-refractivity contribution is 5.95. The Kier molecular flexibility index (Phi) is 7.40. The van der Waals surface area contributed by atoms with Gasteiger partial charge >= 0.3 is 0 Å². The minimum atomic E-state index is -0.0240. The number of aromatic nitrogens is 2. The molecule has 1 N–H and O–H groups in total. The summed E-state index contributed by atoms with van der Waals surface area (Å²) in [5.41, 5.74) is 5.12. The summed E-state index contributed by atoms with van der Waals surface area (Å²) in [5.74, 6) is 1.88. The van der Waals surface area contributed by atoms with Gasteiger partial charge in [0.25, 0.3) is 5.91 Å². The number of para-hydroxylation sites is 2. The van der Waals surface area contributed by atoms with Gasteiger partial charge in [-0.2, -0.15) is 0 Å². The summed E-state index contributed by atoms with van der Waals surface area (Å²) in [7, 11) is 0. The molecule has 4 rings (SSSR count). The van der Waals surface area contributed by atoms with Crippen molar-refractivity contribution in [2.75, 3.05) is 13.2 Å². The van der Waals surface area contributed by atoms with Crippen molar-refractivity contribution in [3.8, 4) is 5.75 Å². The zero-order chi connectivity index (χ0) is 23.0. The molecule has 0 aliphatic rings. The molecule has 170 valence electrons. The maximum Gasteiger partial charge on any atom is 0.251 e. The highest BCUT2D eigenvalue weighted by atomic mass is 16.5. The van der Waals surface area contributed by atoms with Gasteiger partial charge in [-0.05, 0) is 61.2 Å². The number of fused-ring (bicyclic) bond motifs is 1. The fourth-order valence-corrected chi connectivity index (χ4v) is 4.01. The molecule has 0 aliphatic heterocycles. The Morgan fingerprint density at radius 1 is 1.00 bits per heavy atom. The summed E-state index contributed by atoms with van der Waals surface area (Å²) in [6.45, 7) is 6.01. The maximum absolute atomic E-state index is 12.5. The summed E-state index contributed by atoms with van der Waals surface area (Å²) in [6.07, 6.45) is 2.63. The minimum Gasteiger partial charge on any atom is -0.492 e. The van der Waals surface area contributed by atoms with Crippen LogP contribution in [-0.4, -0.2) is 28.6 Å². The van der Waals surface area contributed by atoms with Crippen molar-refractivity contribution in [2.24, 2.45) is 0 Å². The van der Waals surface area contributed by atoms with Crippen LogP contribution >= 0.6 is 0 Å². The number of amides is 1. The Balaban J connectivity index is 1.36. The molecular formula is C28H31N3O2. The minimum absolute atomic E-state index is 0.0240. The Hall–Kier alpha value is -3.60. The lowest BCUT2D eigenvalue weighted by Crippen LogP contribution is -2.25. The molecule has 0 radical (unpaired) electrons. The van der Waals surface area contributed by atoms with Crippen LogP contribution in [0.4, 0.5) is 0 Å². The van der Waals surface area contributed by atoms with Gasteiger partial charge in [0, 0.05) is 18.5 Å². The van der Waals surface area contributed by atoms with Crippen molar-refractivity contribution in [3.05, 3.63) is 95.3 Å². The Bertz CT molecular complexity index is 1210. The molecule has 1 aromatic heterocycles. The number of aryl methyl sites for hydroxylation is 3. The summed E-state index contributed by atoms with van der Waals surface area (Å²) < 4.78 is 8.23. The number of imidazole rings is 1. The molecule has 1 amide bonds. The third kappa shape index (κ3) is 5.61. The van der Waals surface area contributed by atoms with Crippen LogP contribution in [-0.2, 0) is 19.4 Å². The molecule has 0 aliphatic carbocycles. The normalized spacial score (nSPS) is 11.0. The van der Waals surface area contributed by atoms with Crippen LogP contribution in [0.2, 0.25) is 0 Å². The molecular weight excluding hydrogens is 410 g/mol. The number of nitrogens with one attached hydrogen (secondary N) is 1. The lowest BCUT2D eigenvalue weighted by Gasteiger charge is -2.12. The van der Waals surface area contributed by atoms with E-state index >= 15 is 0 Å². The van der Waals surface area contributed by atoms with Crippen LogP contribution in [0.15, 0.2) is 72.8 Å². The molecule has 0 unspecified atom stereocenters. The van der Waals surface area contributed by atoms with Crippen LogP contribution < -0.4 is 10.1 Å². The van der Waals surface area contributed by atoms with E-state index in [2.05, 4.69) is 35.0 Å². The molecule has 1 heterocycles. The molecule has 0 bridgehead atoms. The maximum atomic E-state index is 12.5. The molecule has 3 aromatic carbocycles. The lowest BCUT2D eigenvalue weighted by atomic mass is 10.1. The van der Waals surface area contributed by atoms with Crippen LogP contribution in [0, 0.1) is 6.92 Å². The van der Waals surface area contributed by atoms with Gasteiger partial charge in [-0.3, -0.25) is 4.79 Å². The highest BCUT2D eigenvalue weighted by Crippen LogP contribution is 2.18. The van der Waals surface area contributed by atoms with E-state index in [0.29, 0.717) is 13.2 Å². The Morgan fingerprint density at radius 2 is 1.76 bits per heavy atom.